The van der Waals surface area contributed by atoms with Crippen molar-refractivity contribution in [3.05, 3.63) is 95.9 Å². The van der Waals surface area contributed by atoms with Gasteiger partial charge in [0.2, 0.25) is 9.84 Å². The van der Waals surface area contributed by atoms with Crippen molar-refractivity contribution in [2.45, 2.75) is 16.7 Å². The topological polar surface area (TPSA) is 73.3 Å². The summed E-state index contributed by atoms with van der Waals surface area (Å²) in [4.78, 5) is 17.1. The highest BCUT2D eigenvalue weighted by molar-refractivity contribution is 7.91. The van der Waals surface area contributed by atoms with Crippen molar-refractivity contribution >= 4 is 26.5 Å². The number of carbonyl (C=O) groups excluding carboxylic acids is 1. The molecule has 0 amide bonds. The van der Waals surface area contributed by atoms with Gasteiger partial charge in [-0.2, -0.15) is 0 Å². The highest BCUT2D eigenvalue weighted by atomic mass is 32.2. The van der Waals surface area contributed by atoms with Gasteiger partial charge < -0.3 is 4.74 Å². The first kappa shape index (κ1) is 20.7. The quantitative estimate of drug-likeness (QED) is 0.405. The van der Waals surface area contributed by atoms with Crippen LogP contribution in [0.5, 0.6) is 5.75 Å². The second kappa shape index (κ2) is 8.28. The molecular formula is C24H18FNO4S. The van der Waals surface area contributed by atoms with Crippen molar-refractivity contribution in [3.63, 3.8) is 0 Å². The van der Waals surface area contributed by atoms with Gasteiger partial charge in [0.1, 0.15) is 11.6 Å². The Balaban J connectivity index is 1.98. The molecule has 4 aromatic rings. The number of carbonyl (C=O) groups is 1. The van der Waals surface area contributed by atoms with Crippen molar-refractivity contribution in [2.24, 2.45) is 0 Å². The normalized spacial score (nSPS) is 11.4. The van der Waals surface area contributed by atoms with Crippen LogP contribution in [0.25, 0.3) is 10.9 Å². The molecule has 0 aliphatic carbocycles. The van der Waals surface area contributed by atoms with Gasteiger partial charge in [0.15, 0.2) is 5.78 Å². The number of ketones is 1. The average molecular weight is 435 g/mol. The van der Waals surface area contributed by atoms with Crippen molar-refractivity contribution in [3.8, 4) is 5.75 Å². The molecule has 0 saturated heterocycles. The molecule has 0 unspecified atom stereocenters. The van der Waals surface area contributed by atoms with Crippen LogP contribution >= 0.6 is 0 Å². The van der Waals surface area contributed by atoms with Gasteiger partial charge in [-0.15, -0.1) is 0 Å². The van der Waals surface area contributed by atoms with Crippen LogP contribution in [-0.4, -0.2) is 25.8 Å². The van der Waals surface area contributed by atoms with Gasteiger partial charge in [-0.05, 0) is 49.4 Å². The predicted molar refractivity (Wildman–Crippen MR) is 115 cm³/mol. The summed E-state index contributed by atoms with van der Waals surface area (Å²) >= 11 is 0. The van der Waals surface area contributed by atoms with E-state index in [9.17, 15) is 17.6 Å². The number of sulfone groups is 1. The molecule has 0 aliphatic heterocycles. The summed E-state index contributed by atoms with van der Waals surface area (Å²) < 4.78 is 46.7. The fourth-order valence-electron chi connectivity index (χ4n) is 3.34. The van der Waals surface area contributed by atoms with Gasteiger partial charge in [0.05, 0.1) is 27.5 Å². The van der Waals surface area contributed by atoms with Gasteiger partial charge >= 0.3 is 0 Å². The Bertz CT molecular complexity index is 1370. The number of benzene rings is 3. The zero-order valence-electron chi connectivity index (χ0n) is 16.6. The number of hydrogen-bond acceptors (Lipinski definition) is 5. The zero-order chi connectivity index (χ0) is 22.0. The molecule has 5 nitrogen and oxygen atoms in total. The molecule has 0 N–H and O–H groups in total. The van der Waals surface area contributed by atoms with E-state index in [1.165, 1.54) is 30.5 Å². The number of halogens is 1. The lowest BCUT2D eigenvalue weighted by atomic mass is 10.0. The van der Waals surface area contributed by atoms with Crippen LogP contribution in [0.3, 0.4) is 0 Å². The number of fused-ring (bicyclic) bond motifs is 1. The van der Waals surface area contributed by atoms with Gasteiger partial charge in [-0.25, -0.2) is 12.8 Å². The fraction of sp³-hybridized carbons (Fsp3) is 0.0833. The minimum absolute atomic E-state index is 0.0326. The Morgan fingerprint density at radius 3 is 2.39 bits per heavy atom. The van der Waals surface area contributed by atoms with Crippen molar-refractivity contribution in [2.75, 3.05) is 6.61 Å². The minimum atomic E-state index is -4.18. The third kappa shape index (κ3) is 3.92. The monoisotopic (exact) mass is 435 g/mol. The molecule has 0 aliphatic rings. The molecule has 3 aromatic carbocycles. The van der Waals surface area contributed by atoms with Crippen LogP contribution in [0.4, 0.5) is 4.39 Å². The lowest BCUT2D eigenvalue weighted by Crippen LogP contribution is -2.13. The maximum atomic E-state index is 14.1. The largest absolute Gasteiger partial charge is 0.494 e. The van der Waals surface area contributed by atoms with Crippen molar-refractivity contribution < 1.29 is 22.3 Å². The lowest BCUT2D eigenvalue weighted by Gasteiger charge is -2.14. The maximum absolute atomic E-state index is 14.1. The van der Waals surface area contributed by atoms with E-state index in [0.717, 1.165) is 6.07 Å². The standard InChI is InChI=1S/C24H18FNO4S/c1-2-30-18-9-11-19(12-10-18)31(28,29)24-20-14-17(25)8-13-22(20)26-15-21(24)23(27)16-6-4-3-5-7-16/h3-15H,2H2,1H3. The van der Waals surface area contributed by atoms with Crippen molar-refractivity contribution in [1.82, 2.24) is 4.98 Å². The Hall–Kier alpha value is -3.58. The van der Waals surface area contributed by atoms with Crippen LogP contribution in [0.1, 0.15) is 22.8 Å². The van der Waals surface area contributed by atoms with E-state index in [4.69, 9.17) is 4.74 Å². The smallest absolute Gasteiger partial charge is 0.208 e. The number of aromatic nitrogens is 1. The van der Waals surface area contributed by atoms with E-state index in [2.05, 4.69) is 4.98 Å². The highest BCUT2D eigenvalue weighted by Gasteiger charge is 2.28. The summed E-state index contributed by atoms with van der Waals surface area (Å²) in [6.45, 7) is 2.26. The van der Waals surface area contributed by atoms with E-state index in [1.807, 2.05) is 6.92 Å². The van der Waals surface area contributed by atoms with E-state index in [0.29, 0.717) is 17.9 Å². The minimum Gasteiger partial charge on any atom is -0.494 e. The molecule has 0 bridgehead atoms. The molecule has 156 valence electrons. The van der Waals surface area contributed by atoms with E-state index >= 15 is 0 Å². The molecule has 0 spiro atoms. The first-order valence-corrected chi connectivity index (χ1v) is 11.1. The predicted octanol–water partition coefficient (Wildman–Crippen LogP) is 4.84. The molecule has 0 atom stereocenters. The molecule has 1 heterocycles. The van der Waals surface area contributed by atoms with Gasteiger partial charge in [0.25, 0.3) is 0 Å². The molecular weight excluding hydrogens is 417 g/mol. The SMILES string of the molecule is CCOc1ccc(S(=O)(=O)c2c(C(=O)c3ccccc3)cnc3ccc(F)cc23)cc1. The number of nitrogens with zero attached hydrogens (tertiary/aromatic N) is 1. The van der Waals surface area contributed by atoms with Gasteiger partial charge in [-0.3, -0.25) is 9.78 Å². The average Bonchev–Trinajstić information content (AvgIpc) is 2.79. The first-order chi connectivity index (χ1) is 14.9. The highest BCUT2D eigenvalue weighted by Crippen LogP contribution is 2.33. The Morgan fingerprint density at radius 1 is 1.00 bits per heavy atom. The summed E-state index contributed by atoms with van der Waals surface area (Å²) in [6, 6.07) is 17.9. The summed E-state index contributed by atoms with van der Waals surface area (Å²) in [7, 11) is -4.18. The summed E-state index contributed by atoms with van der Waals surface area (Å²) in [5.41, 5.74) is 0.469. The van der Waals surface area contributed by atoms with Gasteiger partial charge in [-0.1, -0.05) is 30.3 Å². The Morgan fingerprint density at radius 2 is 1.71 bits per heavy atom. The summed E-state index contributed by atoms with van der Waals surface area (Å²) in [5, 5.41) is 0.0515. The van der Waals surface area contributed by atoms with E-state index in [1.54, 1.807) is 42.5 Å². The zero-order valence-corrected chi connectivity index (χ0v) is 17.4. The Kier molecular flexibility index (Phi) is 5.52. The van der Waals surface area contributed by atoms with E-state index < -0.39 is 21.4 Å². The maximum Gasteiger partial charge on any atom is 0.208 e. The first-order valence-electron chi connectivity index (χ1n) is 9.58. The number of ether oxygens (including phenoxy) is 1. The number of pyridine rings is 1. The third-order valence-corrected chi connectivity index (χ3v) is 6.65. The number of hydrogen-bond donors (Lipinski definition) is 0. The molecule has 31 heavy (non-hydrogen) atoms. The van der Waals surface area contributed by atoms with Crippen LogP contribution in [0.15, 0.2) is 88.8 Å². The summed E-state index contributed by atoms with van der Waals surface area (Å²) in [6.07, 6.45) is 1.23. The van der Waals surface area contributed by atoms with Crippen molar-refractivity contribution in [1.29, 1.82) is 0 Å². The summed E-state index contributed by atoms with van der Waals surface area (Å²) in [5.74, 6) is -0.613. The molecule has 0 fully saturated rings. The lowest BCUT2D eigenvalue weighted by molar-refractivity contribution is 0.103. The van der Waals surface area contributed by atoms with Crippen LogP contribution < -0.4 is 4.74 Å². The molecule has 0 radical (unpaired) electrons. The second-order valence-corrected chi connectivity index (χ2v) is 8.65. The third-order valence-electron chi connectivity index (χ3n) is 4.77. The van der Waals surface area contributed by atoms with Crippen LogP contribution in [0, 0.1) is 5.82 Å². The molecule has 0 saturated carbocycles. The van der Waals surface area contributed by atoms with Gasteiger partial charge in [0, 0.05) is 17.1 Å². The molecule has 1 aromatic heterocycles. The molecule has 7 heteroatoms. The number of rotatable bonds is 6. The van der Waals surface area contributed by atoms with E-state index in [-0.39, 0.29) is 26.3 Å². The van der Waals surface area contributed by atoms with Crippen LogP contribution in [0.2, 0.25) is 0 Å². The van der Waals surface area contributed by atoms with Crippen LogP contribution in [-0.2, 0) is 9.84 Å². The second-order valence-electron chi connectivity index (χ2n) is 6.77. The molecule has 4 rings (SSSR count). The fourth-order valence-corrected chi connectivity index (χ4v) is 4.95. The Labute approximate surface area is 179 Å².